The fraction of sp³-hybridized carbons (Fsp3) is 0.318. The molecule has 4 heteroatoms. The summed E-state index contributed by atoms with van der Waals surface area (Å²) in [7, 11) is 0. The molecule has 5 rings (SSSR count). The van der Waals surface area contributed by atoms with Gasteiger partial charge in [0.05, 0.1) is 6.26 Å². The van der Waals surface area contributed by atoms with Gasteiger partial charge in [-0.15, -0.1) is 0 Å². The highest BCUT2D eigenvalue weighted by atomic mass is 16.3. The molecule has 0 amide bonds. The molecule has 2 aliphatic heterocycles. The Hall–Kier alpha value is -2.59. The first-order valence-electron chi connectivity index (χ1n) is 9.32. The largest absolute Gasteiger partial charge is 0.464 e. The number of furan rings is 1. The molecular formula is C22H22N2O2. The summed E-state index contributed by atoms with van der Waals surface area (Å²) in [5.74, 6) is 1.77. The van der Waals surface area contributed by atoms with E-state index < -0.39 is 0 Å². The van der Waals surface area contributed by atoms with E-state index in [9.17, 15) is 4.79 Å². The van der Waals surface area contributed by atoms with E-state index in [1.54, 1.807) is 12.3 Å². The Morgan fingerprint density at radius 2 is 1.85 bits per heavy atom. The second-order valence-corrected chi connectivity index (χ2v) is 7.54. The smallest absolute Gasteiger partial charge is 0.250 e. The monoisotopic (exact) mass is 346 g/mol. The van der Waals surface area contributed by atoms with Crippen molar-refractivity contribution in [2.24, 2.45) is 5.92 Å². The molecule has 1 fully saturated rings. The summed E-state index contributed by atoms with van der Waals surface area (Å²) in [6.07, 6.45) is 2.86. The van der Waals surface area contributed by atoms with Crippen LogP contribution in [0.15, 0.2) is 70.1 Å². The molecule has 4 nitrogen and oxygen atoms in total. The van der Waals surface area contributed by atoms with Gasteiger partial charge in [-0.1, -0.05) is 30.3 Å². The van der Waals surface area contributed by atoms with E-state index in [2.05, 4.69) is 35.2 Å². The highest BCUT2D eigenvalue weighted by Gasteiger charge is 2.36. The molecule has 2 aliphatic rings. The summed E-state index contributed by atoms with van der Waals surface area (Å²) in [5, 5.41) is 0. The predicted molar refractivity (Wildman–Crippen MR) is 101 cm³/mol. The van der Waals surface area contributed by atoms with Crippen LogP contribution in [0.3, 0.4) is 0 Å². The molecule has 2 aromatic heterocycles. The van der Waals surface area contributed by atoms with Crippen molar-refractivity contribution in [2.75, 3.05) is 13.1 Å². The number of fused-ring (bicyclic) bond motifs is 4. The van der Waals surface area contributed by atoms with Crippen LogP contribution in [0.1, 0.15) is 23.6 Å². The standard InChI is InChI=1S/C22H22N2O2/c25-21-9-8-19(20-7-4-10-26-20)22-18-11-17(14-24(21)22)13-23(15-18)12-16-5-2-1-3-6-16/h1-10,17-18H,11-15H2/t17-,18+/m0/s1. The summed E-state index contributed by atoms with van der Waals surface area (Å²) in [6, 6.07) is 18.2. The molecule has 2 atom stereocenters. The van der Waals surface area contributed by atoms with Gasteiger partial charge in [-0.05, 0) is 36.1 Å². The third-order valence-electron chi connectivity index (χ3n) is 5.70. The predicted octanol–water partition coefficient (Wildman–Crippen LogP) is 3.73. The first kappa shape index (κ1) is 15.6. The minimum Gasteiger partial charge on any atom is -0.464 e. The van der Waals surface area contributed by atoms with Crippen molar-refractivity contribution < 1.29 is 4.42 Å². The van der Waals surface area contributed by atoms with Crippen LogP contribution in [0.25, 0.3) is 11.3 Å². The number of pyridine rings is 1. The molecule has 132 valence electrons. The van der Waals surface area contributed by atoms with Crippen molar-refractivity contribution in [2.45, 2.75) is 25.4 Å². The van der Waals surface area contributed by atoms with Crippen molar-refractivity contribution in [3.8, 4) is 11.3 Å². The van der Waals surface area contributed by atoms with Gasteiger partial charge in [0.15, 0.2) is 0 Å². The maximum Gasteiger partial charge on any atom is 0.250 e. The fourth-order valence-electron chi connectivity index (χ4n) is 4.72. The Morgan fingerprint density at radius 3 is 2.65 bits per heavy atom. The van der Waals surface area contributed by atoms with Crippen LogP contribution in [0.2, 0.25) is 0 Å². The van der Waals surface area contributed by atoms with E-state index in [1.165, 1.54) is 5.56 Å². The van der Waals surface area contributed by atoms with E-state index in [0.717, 1.165) is 49.6 Å². The van der Waals surface area contributed by atoms with Crippen molar-refractivity contribution in [1.29, 1.82) is 0 Å². The molecule has 0 radical (unpaired) electrons. The Morgan fingerprint density at radius 1 is 0.962 bits per heavy atom. The second kappa shape index (κ2) is 6.29. The number of rotatable bonds is 3. The maximum atomic E-state index is 12.5. The van der Waals surface area contributed by atoms with Crippen LogP contribution in [0.4, 0.5) is 0 Å². The molecule has 0 aliphatic carbocycles. The molecule has 26 heavy (non-hydrogen) atoms. The third kappa shape index (κ3) is 2.71. The first-order valence-corrected chi connectivity index (χ1v) is 9.32. The number of piperidine rings is 1. The quantitative estimate of drug-likeness (QED) is 0.725. The SMILES string of the molecule is O=c1ccc(-c2ccco2)c2n1C[C@H]1C[C@@H]2CN(Cc2ccccc2)C1. The Bertz CT molecular complexity index is 960. The van der Waals surface area contributed by atoms with Gasteiger partial charge in [-0.3, -0.25) is 9.69 Å². The van der Waals surface area contributed by atoms with Crippen molar-refractivity contribution in [1.82, 2.24) is 9.47 Å². The normalized spacial score (nSPS) is 22.2. The third-order valence-corrected chi connectivity index (χ3v) is 5.70. The molecule has 0 N–H and O–H groups in total. The minimum absolute atomic E-state index is 0.113. The maximum absolute atomic E-state index is 12.5. The zero-order valence-electron chi connectivity index (χ0n) is 14.7. The Balaban J connectivity index is 1.51. The van der Waals surface area contributed by atoms with Crippen LogP contribution in [-0.2, 0) is 13.1 Å². The van der Waals surface area contributed by atoms with Crippen LogP contribution >= 0.6 is 0 Å². The highest BCUT2D eigenvalue weighted by Crippen LogP contribution is 2.40. The molecule has 1 aromatic carbocycles. The van der Waals surface area contributed by atoms with Gasteiger partial charge in [0, 0.05) is 49.4 Å². The number of aromatic nitrogens is 1. The van der Waals surface area contributed by atoms with Gasteiger partial charge in [-0.25, -0.2) is 0 Å². The number of nitrogens with zero attached hydrogens (tertiary/aromatic N) is 2. The lowest BCUT2D eigenvalue weighted by atomic mass is 9.81. The Labute approximate surface area is 152 Å². The lowest BCUT2D eigenvalue weighted by molar-refractivity contribution is 0.114. The van der Waals surface area contributed by atoms with Gasteiger partial charge >= 0.3 is 0 Å². The van der Waals surface area contributed by atoms with Crippen LogP contribution < -0.4 is 5.56 Å². The molecule has 4 heterocycles. The van der Waals surface area contributed by atoms with E-state index in [1.807, 2.05) is 22.8 Å². The Kier molecular flexibility index (Phi) is 3.79. The summed E-state index contributed by atoms with van der Waals surface area (Å²) in [5.41, 5.74) is 3.69. The summed E-state index contributed by atoms with van der Waals surface area (Å²) >= 11 is 0. The van der Waals surface area contributed by atoms with Gasteiger partial charge in [0.1, 0.15) is 5.76 Å². The van der Waals surface area contributed by atoms with Gasteiger partial charge < -0.3 is 8.98 Å². The number of benzene rings is 1. The molecule has 3 aromatic rings. The molecule has 0 saturated carbocycles. The first-order chi connectivity index (χ1) is 12.8. The number of hydrogen-bond acceptors (Lipinski definition) is 3. The van der Waals surface area contributed by atoms with Gasteiger partial charge in [-0.2, -0.15) is 0 Å². The van der Waals surface area contributed by atoms with Crippen LogP contribution in [0, 0.1) is 5.92 Å². The molecule has 0 spiro atoms. The van der Waals surface area contributed by atoms with E-state index in [-0.39, 0.29) is 5.56 Å². The molecular weight excluding hydrogens is 324 g/mol. The zero-order chi connectivity index (χ0) is 17.5. The molecule has 0 unspecified atom stereocenters. The number of hydrogen-bond donors (Lipinski definition) is 0. The van der Waals surface area contributed by atoms with E-state index in [4.69, 9.17) is 4.42 Å². The zero-order valence-corrected chi connectivity index (χ0v) is 14.7. The van der Waals surface area contributed by atoms with E-state index >= 15 is 0 Å². The molecule has 2 bridgehead atoms. The number of likely N-dealkylation sites (tertiary alicyclic amines) is 1. The van der Waals surface area contributed by atoms with E-state index in [0.29, 0.717) is 11.8 Å². The van der Waals surface area contributed by atoms with Crippen molar-refractivity contribution in [3.63, 3.8) is 0 Å². The average molecular weight is 346 g/mol. The van der Waals surface area contributed by atoms with Crippen molar-refractivity contribution >= 4 is 0 Å². The summed E-state index contributed by atoms with van der Waals surface area (Å²) < 4.78 is 7.65. The topological polar surface area (TPSA) is 38.4 Å². The highest BCUT2D eigenvalue weighted by molar-refractivity contribution is 5.61. The van der Waals surface area contributed by atoms with Gasteiger partial charge in [0.25, 0.3) is 5.56 Å². The van der Waals surface area contributed by atoms with Gasteiger partial charge in [0.2, 0.25) is 0 Å². The lowest BCUT2D eigenvalue weighted by Crippen LogP contribution is -2.47. The van der Waals surface area contributed by atoms with Crippen LogP contribution in [-0.4, -0.2) is 22.6 Å². The lowest BCUT2D eigenvalue weighted by Gasteiger charge is -2.43. The second-order valence-electron chi connectivity index (χ2n) is 7.54. The minimum atomic E-state index is 0.113. The van der Waals surface area contributed by atoms with Crippen molar-refractivity contribution in [3.05, 3.63) is 82.5 Å². The van der Waals surface area contributed by atoms with Crippen LogP contribution in [0.5, 0.6) is 0 Å². The summed E-state index contributed by atoms with van der Waals surface area (Å²) in [4.78, 5) is 15.1. The average Bonchev–Trinajstić information content (AvgIpc) is 3.18. The summed E-state index contributed by atoms with van der Waals surface area (Å²) in [6.45, 7) is 3.83. The fourth-order valence-corrected chi connectivity index (χ4v) is 4.72. The molecule has 1 saturated heterocycles.